The number of thiazole rings is 1. The average Bonchev–Trinajstić information content (AvgIpc) is 3.10. The summed E-state index contributed by atoms with van der Waals surface area (Å²) < 4.78 is 26.5. The van der Waals surface area contributed by atoms with Gasteiger partial charge in [-0.2, -0.15) is 0 Å². The van der Waals surface area contributed by atoms with E-state index in [4.69, 9.17) is 0 Å². The Bertz CT molecular complexity index is 1590. The Morgan fingerprint density at radius 3 is 2.39 bits per heavy atom. The molecular weight excluding hydrogens is 508 g/mol. The first-order chi connectivity index (χ1) is 18.4. The van der Waals surface area contributed by atoms with Crippen molar-refractivity contribution in [2.45, 2.75) is 39.5 Å². The lowest BCUT2D eigenvalue weighted by Gasteiger charge is -2.27. The van der Waals surface area contributed by atoms with E-state index in [1.807, 2.05) is 68.8 Å². The molecule has 6 rings (SSSR count). The molecule has 194 valence electrons. The number of hydrogen-bond donors (Lipinski definition) is 1. The number of hydrogen-bond acceptors (Lipinski definition) is 5. The molecular formula is C32H32N2O2S2. The molecule has 38 heavy (non-hydrogen) atoms. The topological polar surface area (TPSA) is 59.1 Å². The fourth-order valence-electron chi connectivity index (χ4n) is 5.24. The maximum absolute atomic E-state index is 13.3. The summed E-state index contributed by atoms with van der Waals surface area (Å²) in [7, 11) is -3.40. The molecule has 1 aromatic heterocycles. The standard InChI is InChI=1S/C26H25NO2S2.C6H7N/c1-17-25(30-18(2)27-17)10-6-16-31(28,29)26-11-5-9-21-23-13-12-19-7-3-4-8-20(19)22(23)14-15-24(21)26;1-2-4-6-7-5-3-1/h3-4,6-8,10-11,14-15H,5,9,12-13,16H2,1-2H3;1-7H. The molecule has 2 aliphatic carbocycles. The lowest BCUT2D eigenvalue weighted by Crippen LogP contribution is -2.15. The van der Waals surface area contributed by atoms with Gasteiger partial charge in [-0.25, -0.2) is 13.4 Å². The highest BCUT2D eigenvalue weighted by Crippen LogP contribution is 2.41. The van der Waals surface area contributed by atoms with Crippen molar-refractivity contribution in [1.29, 1.82) is 0 Å². The second kappa shape index (κ2) is 11.5. The predicted molar refractivity (Wildman–Crippen MR) is 161 cm³/mol. The third-order valence-electron chi connectivity index (χ3n) is 6.95. The smallest absolute Gasteiger partial charge is 0.182 e. The zero-order chi connectivity index (χ0) is 26.5. The Kier molecular flexibility index (Phi) is 7.91. The van der Waals surface area contributed by atoms with Gasteiger partial charge in [0.05, 0.1) is 21.4 Å². The molecule has 0 amide bonds. The third-order valence-corrected chi connectivity index (χ3v) is 9.68. The van der Waals surface area contributed by atoms with E-state index in [0.29, 0.717) is 4.91 Å². The first kappa shape index (κ1) is 26.1. The zero-order valence-electron chi connectivity index (χ0n) is 21.8. The first-order valence-electron chi connectivity index (χ1n) is 13.0. The van der Waals surface area contributed by atoms with Crippen LogP contribution in [0.1, 0.15) is 44.3 Å². The molecule has 0 atom stereocenters. The summed E-state index contributed by atoms with van der Waals surface area (Å²) in [5, 5.41) is 3.92. The average molecular weight is 541 g/mol. The highest BCUT2D eigenvalue weighted by Gasteiger charge is 2.28. The minimum absolute atomic E-state index is 0.00851. The van der Waals surface area contributed by atoms with Crippen LogP contribution in [-0.2, 0) is 29.1 Å². The number of nitrogens with one attached hydrogen (secondary N) is 1. The molecule has 0 saturated carbocycles. The number of rotatable bonds is 4. The highest BCUT2D eigenvalue weighted by molar-refractivity contribution is 8.00. The van der Waals surface area contributed by atoms with E-state index < -0.39 is 9.84 Å². The summed E-state index contributed by atoms with van der Waals surface area (Å²) in [5.74, 6) is 0.00851. The molecule has 1 aliphatic heterocycles. The van der Waals surface area contributed by atoms with Crippen LogP contribution in [0, 0.1) is 13.8 Å². The predicted octanol–water partition coefficient (Wildman–Crippen LogP) is 7.11. The summed E-state index contributed by atoms with van der Waals surface area (Å²) in [6.45, 7) is 3.92. The van der Waals surface area contributed by atoms with E-state index in [2.05, 4.69) is 40.6 Å². The molecule has 6 heteroatoms. The van der Waals surface area contributed by atoms with Crippen LogP contribution in [0.4, 0.5) is 0 Å². The molecule has 0 saturated heterocycles. The monoisotopic (exact) mass is 540 g/mol. The molecule has 0 bridgehead atoms. The second-order valence-electron chi connectivity index (χ2n) is 9.52. The summed E-state index contributed by atoms with van der Waals surface area (Å²) in [6, 6.07) is 12.7. The summed E-state index contributed by atoms with van der Waals surface area (Å²) in [6.07, 6.45) is 20.8. The van der Waals surface area contributed by atoms with Gasteiger partial charge in [0, 0.05) is 17.3 Å². The van der Waals surface area contributed by atoms with E-state index in [0.717, 1.165) is 46.8 Å². The van der Waals surface area contributed by atoms with E-state index in [-0.39, 0.29) is 5.75 Å². The van der Waals surface area contributed by atoms with Crippen LogP contribution in [0.5, 0.6) is 0 Å². The summed E-state index contributed by atoms with van der Waals surface area (Å²) >= 11 is 1.59. The van der Waals surface area contributed by atoms with Crippen molar-refractivity contribution in [2.75, 3.05) is 5.75 Å². The van der Waals surface area contributed by atoms with Gasteiger partial charge in [0.25, 0.3) is 0 Å². The van der Waals surface area contributed by atoms with Crippen LogP contribution in [-0.4, -0.2) is 19.2 Å². The van der Waals surface area contributed by atoms with Gasteiger partial charge in [-0.1, -0.05) is 60.7 Å². The molecule has 2 heterocycles. The third kappa shape index (κ3) is 5.66. The fourth-order valence-corrected chi connectivity index (χ4v) is 7.53. The minimum atomic E-state index is -3.40. The molecule has 0 radical (unpaired) electrons. The maximum atomic E-state index is 13.3. The number of fused-ring (bicyclic) bond motifs is 5. The van der Waals surface area contributed by atoms with Crippen LogP contribution in [0.2, 0.25) is 0 Å². The van der Waals surface area contributed by atoms with Crippen LogP contribution in [0.15, 0.2) is 85.3 Å². The molecule has 4 nitrogen and oxygen atoms in total. The molecule has 0 unspecified atom stereocenters. The number of aryl methyl sites for hydroxylation is 3. The fraction of sp³-hybridized carbons (Fsp3) is 0.219. The van der Waals surface area contributed by atoms with Gasteiger partial charge in [0.1, 0.15) is 0 Å². The Hall–Kier alpha value is -3.48. The number of nitrogens with zero attached hydrogens (tertiary/aromatic N) is 1. The Morgan fingerprint density at radius 1 is 0.895 bits per heavy atom. The molecule has 2 aromatic carbocycles. The minimum Gasteiger partial charge on any atom is -0.368 e. The highest BCUT2D eigenvalue weighted by atomic mass is 32.2. The van der Waals surface area contributed by atoms with Gasteiger partial charge in [0.15, 0.2) is 9.84 Å². The Balaban J connectivity index is 0.000000366. The first-order valence-corrected chi connectivity index (χ1v) is 15.4. The van der Waals surface area contributed by atoms with E-state index in [1.54, 1.807) is 17.4 Å². The van der Waals surface area contributed by atoms with E-state index in [9.17, 15) is 8.42 Å². The van der Waals surface area contributed by atoms with Gasteiger partial charge in [-0.05, 0) is 91.1 Å². The molecule has 0 spiro atoms. The van der Waals surface area contributed by atoms with Crippen molar-refractivity contribution in [3.05, 3.63) is 123 Å². The van der Waals surface area contributed by atoms with Gasteiger partial charge in [-0.3, -0.25) is 0 Å². The lowest BCUT2D eigenvalue weighted by molar-refractivity contribution is 0.608. The van der Waals surface area contributed by atoms with Crippen LogP contribution in [0.25, 0.3) is 22.1 Å². The van der Waals surface area contributed by atoms with Gasteiger partial charge in [0.2, 0.25) is 0 Å². The van der Waals surface area contributed by atoms with Crippen LogP contribution in [0.3, 0.4) is 0 Å². The largest absolute Gasteiger partial charge is 0.368 e. The molecule has 3 aliphatic rings. The van der Waals surface area contributed by atoms with Crippen LogP contribution < -0.4 is 5.32 Å². The summed E-state index contributed by atoms with van der Waals surface area (Å²) in [5.41, 5.74) is 8.37. The van der Waals surface area contributed by atoms with Gasteiger partial charge in [-0.15, -0.1) is 11.3 Å². The zero-order valence-corrected chi connectivity index (χ0v) is 23.4. The van der Waals surface area contributed by atoms with Crippen molar-refractivity contribution < 1.29 is 8.42 Å². The maximum Gasteiger partial charge on any atom is 0.182 e. The van der Waals surface area contributed by atoms with Crippen molar-refractivity contribution in [3.63, 3.8) is 0 Å². The second-order valence-corrected chi connectivity index (χ2v) is 12.8. The quantitative estimate of drug-likeness (QED) is 0.383. The summed E-state index contributed by atoms with van der Waals surface area (Å²) in [4.78, 5) is 5.93. The van der Waals surface area contributed by atoms with Gasteiger partial charge < -0.3 is 5.32 Å². The number of allylic oxidation sites excluding steroid dienone is 5. The molecule has 3 aromatic rings. The lowest BCUT2D eigenvalue weighted by atomic mass is 9.79. The molecule has 1 N–H and O–H groups in total. The number of aromatic nitrogens is 1. The van der Waals surface area contributed by atoms with Crippen molar-refractivity contribution in [3.8, 4) is 11.1 Å². The van der Waals surface area contributed by atoms with Crippen molar-refractivity contribution in [2.24, 2.45) is 0 Å². The number of benzene rings is 2. The van der Waals surface area contributed by atoms with E-state index >= 15 is 0 Å². The Labute approximate surface area is 229 Å². The molecule has 0 fully saturated rings. The number of sulfone groups is 1. The van der Waals surface area contributed by atoms with Crippen molar-refractivity contribution >= 4 is 32.2 Å². The van der Waals surface area contributed by atoms with Crippen molar-refractivity contribution in [1.82, 2.24) is 10.3 Å². The van der Waals surface area contributed by atoms with Gasteiger partial charge >= 0.3 is 0 Å². The normalized spacial score (nSPS) is 15.5. The van der Waals surface area contributed by atoms with Crippen LogP contribution >= 0.6 is 11.3 Å². The SMILES string of the molecule is C1=CC=CNC=C1.Cc1nc(C)c(C=CCS(=O)(=O)C2=CCCc3c2ccc2c3CCc3ccccc3-2)s1. The van der Waals surface area contributed by atoms with E-state index in [1.165, 1.54) is 27.8 Å². The Morgan fingerprint density at radius 2 is 1.63 bits per heavy atom.